The second kappa shape index (κ2) is 19.3. The molecule has 0 saturated carbocycles. The Kier molecular flexibility index (Phi) is 14.0. The largest absolute Gasteiger partial charge is 0.508 e. The number of aryl methyl sites for hydroxylation is 1. The number of rotatable bonds is 9. The highest BCUT2D eigenvalue weighted by Crippen LogP contribution is 2.41. The molecule has 15 heteroatoms. The van der Waals surface area contributed by atoms with Crippen LogP contribution in [-0.4, -0.2) is 110 Å². The molecule has 3 N–H and O–H groups in total. The van der Waals surface area contributed by atoms with Crippen molar-refractivity contribution in [3.63, 3.8) is 0 Å². The SMILES string of the molecule is C=CC(=O)N1CC[C@H](C(=O)N(C)[C@H](C(=O)N[C@H]2Cc3cc(O)cc(c3)-c3ccc4c(c3)c(c(-c3cccc(=O)n3C(C)C)n4CC)CC(C)(C)COC(=O)[C@@H]3CCCN(N3)C2=O)C(C)C)C1. The number of nitrogens with one attached hydrogen (secondary N) is 2. The van der Waals surface area contributed by atoms with E-state index in [-0.39, 0.29) is 61.2 Å². The third-order valence-corrected chi connectivity index (χ3v) is 13.3. The van der Waals surface area contributed by atoms with Crippen LogP contribution in [0.25, 0.3) is 33.4 Å². The zero-order valence-corrected chi connectivity index (χ0v) is 39.6. The molecule has 66 heavy (non-hydrogen) atoms. The minimum atomic E-state index is -1.18. The van der Waals surface area contributed by atoms with E-state index in [0.29, 0.717) is 49.9 Å². The molecule has 0 radical (unpaired) electrons. The third-order valence-electron chi connectivity index (χ3n) is 13.3. The van der Waals surface area contributed by atoms with Crippen LogP contribution in [0.4, 0.5) is 0 Å². The maximum atomic E-state index is 14.7. The summed E-state index contributed by atoms with van der Waals surface area (Å²) in [6.45, 7) is 18.9. The molecule has 15 nitrogen and oxygen atoms in total. The molecule has 4 atom stereocenters. The second-order valence-corrected chi connectivity index (χ2v) is 19.5. The van der Waals surface area contributed by atoms with E-state index in [2.05, 4.69) is 34.9 Å². The van der Waals surface area contributed by atoms with Gasteiger partial charge in [0.15, 0.2) is 0 Å². The first-order valence-corrected chi connectivity index (χ1v) is 23.2. The van der Waals surface area contributed by atoms with Crippen LogP contribution in [0.5, 0.6) is 5.75 Å². The fourth-order valence-electron chi connectivity index (χ4n) is 10.1. The molecule has 2 fully saturated rings. The Morgan fingerprint density at radius 2 is 1.77 bits per heavy atom. The van der Waals surface area contributed by atoms with Gasteiger partial charge in [-0.25, -0.2) is 5.43 Å². The Labute approximate surface area is 386 Å². The number of aromatic nitrogens is 2. The molecule has 2 aromatic heterocycles. The summed E-state index contributed by atoms with van der Waals surface area (Å²) in [5, 5.41) is 16.6. The minimum absolute atomic E-state index is 0.0260. The molecule has 7 rings (SSSR count). The Hall–Kier alpha value is -6.22. The Morgan fingerprint density at radius 1 is 1.02 bits per heavy atom. The Balaban J connectivity index is 1.32. The predicted molar refractivity (Wildman–Crippen MR) is 253 cm³/mol. The number of phenolic OH excluding ortho intramolecular Hbond substituents is 1. The van der Waals surface area contributed by atoms with Crippen LogP contribution in [0.1, 0.15) is 84.9 Å². The number of ether oxygens (including phenoxy) is 1. The molecule has 4 amide bonds. The first-order valence-electron chi connectivity index (χ1n) is 23.2. The minimum Gasteiger partial charge on any atom is -0.508 e. The van der Waals surface area contributed by atoms with E-state index in [4.69, 9.17) is 4.74 Å². The lowest BCUT2D eigenvalue weighted by molar-refractivity contribution is -0.155. The molecular weight excluding hydrogens is 839 g/mol. The van der Waals surface area contributed by atoms with E-state index in [1.165, 1.54) is 16.0 Å². The first-order chi connectivity index (χ1) is 31.3. The summed E-state index contributed by atoms with van der Waals surface area (Å²) in [5.41, 5.74) is 8.11. The number of pyridine rings is 1. The van der Waals surface area contributed by atoms with Crippen LogP contribution in [0.15, 0.2) is 72.0 Å². The fourth-order valence-corrected chi connectivity index (χ4v) is 10.1. The second-order valence-electron chi connectivity index (χ2n) is 19.5. The third kappa shape index (κ3) is 9.67. The molecule has 2 saturated heterocycles. The summed E-state index contributed by atoms with van der Waals surface area (Å²) in [6.07, 6.45) is 3.06. The van der Waals surface area contributed by atoms with Gasteiger partial charge in [0.2, 0.25) is 17.7 Å². The first kappa shape index (κ1) is 47.7. The number of likely N-dealkylation sites (N-methyl/N-ethyl adjacent to an activating group) is 1. The van der Waals surface area contributed by atoms with Crippen molar-refractivity contribution in [3.8, 4) is 28.3 Å². The van der Waals surface area contributed by atoms with Gasteiger partial charge in [0, 0.05) is 68.1 Å². The van der Waals surface area contributed by atoms with Crippen LogP contribution >= 0.6 is 0 Å². The lowest BCUT2D eigenvalue weighted by atomic mass is 9.84. The number of likely N-dealkylation sites (tertiary alicyclic amines) is 1. The number of cyclic esters (lactones) is 1. The summed E-state index contributed by atoms with van der Waals surface area (Å²) in [4.78, 5) is 85.8. The van der Waals surface area contributed by atoms with Crippen LogP contribution in [-0.2, 0) is 48.1 Å². The summed E-state index contributed by atoms with van der Waals surface area (Å²) in [7, 11) is 1.57. The molecule has 352 valence electrons. The van der Waals surface area contributed by atoms with Crippen LogP contribution < -0.4 is 16.3 Å². The van der Waals surface area contributed by atoms with Gasteiger partial charge in [0.05, 0.1) is 23.9 Å². The molecule has 3 aliphatic rings. The highest BCUT2D eigenvalue weighted by Gasteiger charge is 2.40. The number of carbonyl (C=O) groups is 5. The van der Waals surface area contributed by atoms with Gasteiger partial charge in [0.1, 0.15) is 23.9 Å². The van der Waals surface area contributed by atoms with E-state index < -0.39 is 47.2 Å². The number of hydrogen-bond acceptors (Lipinski definition) is 9. The number of aromatic hydroxyl groups is 1. The van der Waals surface area contributed by atoms with Crippen molar-refractivity contribution in [2.45, 2.75) is 111 Å². The van der Waals surface area contributed by atoms with Crippen molar-refractivity contribution in [2.24, 2.45) is 17.3 Å². The van der Waals surface area contributed by atoms with E-state index in [9.17, 15) is 33.9 Å². The van der Waals surface area contributed by atoms with E-state index in [1.54, 1.807) is 36.2 Å². The number of phenols is 1. The van der Waals surface area contributed by atoms with Gasteiger partial charge in [-0.1, -0.05) is 52.5 Å². The highest BCUT2D eigenvalue weighted by molar-refractivity contribution is 5.96. The number of hydrazine groups is 1. The molecule has 0 aliphatic carbocycles. The van der Waals surface area contributed by atoms with Crippen molar-refractivity contribution in [2.75, 3.05) is 33.3 Å². The normalized spacial score (nSPS) is 20.5. The standard InChI is InChI=1S/C51H65N7O8/c1-10-43(60)55-21-19-34(28-55)48(63)54(9)45(30(3)4)47(62)52-40-24-32-22-35(25-36(59)23-32)33-17-18-41-37(26-33)38(46(56(41)11-2)42-15-12-16-44(61)58(42)31(5)6)27-51(7,8)29-66-50(65)39-14-13-20-57(53-39)49(40)64/h10,12,15-18,22-23,25-26,30-31,34,39-40,45,53,59H,1,11,13-14,19-21,24,27-29H2,2-9H3,(H,52,62)/t34-,39-,40-,45-/m0/s1. The molecule has 5 heterocycles. The molecule has 0 spiro atoms. The average Bonchev–Trinajstić information content (AvgIpc) is 3.89. The van der Waals surface area contributed by atoms with E-state index in [0.717, 1.165) is 33.4 Å². The summed E-state index contributed by atoms with van der Waals surface area (Å²) < 4.78 is 10.1. The summed E-state index contributed by atoms with van der Waals surface area (Å²) >= 11 is 0. The maximum Gasteiger partial charge on any atom is 0.324 e. The monoisotopic (exact) mass is 903 g/mol. The van der Waals surface area contributed by atoms with Gasteiger partial charge in [-0.15, -0.1) is 0 Å². The van der Waals surface area contributed by atoms with Crippen LogP contribution in [0.2, 0.25) is 0 Å². The number of benzene rings is 2. The lowest BCUT2D eigenvalue weighted by Crippen LogP contribution is -2.62. The summed E-state index contributed by atoms with van der Waals surface area (Å²) in [6, 6.07) is 13.5. The predicted octanol–water partition coefficient (Wildman–Crippen LogP) is 5.61. The Bertz CT molecular complexity index is 2610. The zero-order valence-electron chi connectivity index (χ0n) is 39.6. The molecule has 6 bridgehead atoms. The molecule has 3 aliphatic heterocycles. The van der Waals surface area contributed by atoms with Gasteiger partial charge < -0.3 is 34.1 Å². The molecule has 4 aromatic rings. The number of nitrogens with zero attached hydrogens (tertiary/aromatic N) is 5. The van der Waals surface area contributed by atoms with Crippen molar-refractivity contribution in [1.82, 2.24) is 34.7 Å². The van der Waals surface area contributed by atoms with Gasteiger partial charge in [0.25, 0.3) is 11.5 Å². The summed E-state index contributed by atoms with van der Waals surface area (Å²) in [5.74, 6) is -2.95. The number of carbonyl (C=O) groups excluding carboxylic acids is 5. The molecule has 0 unspecified atom stereocenters. The van der Waals surface area contributed by atoms with Crippen molar-refractivity contribution >= 4 is 40.5 Å². The Morgan fingerprint density at radius 3 is 2.47 bits per heavy atom. The number of amides is 4. The van der Waals surface area contributed by atoms with Gasteiger partial charge in [-0.3, -0.25) is 33.8 Å². The van der Waals surface area contributed by atoms with Crippen LogP contribution in [0.3, 0.4) is 0 Å². The number of fused-ring (bicyclic) bond motifs is 6. The van der Waals surface area contributed by atoms with Gasteiger partial charge in [-0.05, 0) is 111 Å². The topological polar surface area (TPSA) is 176 Å². The van der Waals surface area contributed by atoms with Gasteiger partial charge >= 0.3 is 5.97 Å². The van der Waals surface area contributed by atoms with E-state index in [1.807, 2.05) is 70.4 Å². The highest BCUT2D eigenvalue weighted by atomic mass is 16.5. The molecule has 2 aromatic carbocycles. The maximum absolute atomic E-state index is 14.7. The molecular formula is C51H65N7O8. The zero-order chi connectivity index (χ0) is 47.8. The quantitative estimate of drug-likeness (QED) is 0.143. The van der Waals surface area contributed by atoms with Crippen molar-refractivity contribution in [1.29, 1.82) is 0 Å². The lowest BCUT2D eigenvalue weighted by Gasteiger charge is -2.37. The smallest absolute Gasteiger partial charge is 0.324 e. The van der Waals surface area contributed by atoms with E-state index >= 15 is 0 Å². The van der Waals surface area contributed by atoms with Crippen molar-refractivity contribution in [3.05, 3.63) is 88.7 Å². The fraction of sp³-hybridized carbons (Fsp3) is 0.490. The number of esters is 1. The number of hydrogen-bond donors (Lipinski definition) is 3. The average molecular weight is 904 g/mol. The van der Waals surface area contributed by atoms with Gasteiger partial charge in [-0.2, -0.15) is 0 Å². The van der Waals surface area contributed by atoms with Crippen molar-refractivity contribution < 1.29 is 33.8 Å². The van der Waals surface area contributed by atoms with Crippen LogP contribution in [0, 0.1) is 17.3 Å².